The quantitative estimate of drug-likeness (QED) is 0.687. The Morgan fingerprint density at radius 1 is 1.20 bits per heavy atom. The van der Waals surface area contributed by atoms with Gasteiger partial charge >= 0.3 is 5.97 Å². The van der Waals surface area contributed by atoms with E-state index in [0.29, 0.717) is 17.4 Å². The van der Waals surface area contributed by atoms with Gasteiger partial charge in [-0.05, 0) is 36.7 Å². The number of methoxy groups -OCH3 is 3. The van der Waals surface area contributed by atoms with Gasteiger partial charge in [-0.15, -0.1) is 0 Å². The topological polar surface area (TPSA) is 85.9 Å². The van der Waals surface area contributed by atoms with Crippen LogP contribution < -0.4 is 20.1 Å². The lowest BCUT2D eigenvalue weighted by molar-refractivity contribution is -0.141. The first kappa shape index (κ1) is 19.1. The lowest BCUT2D eigenvalue weighted by Crippen LogP contribution is -2.50. The molecule has 1 saturated heterocycles. The molecule has 2 rings (SSSR count). The molecule has 0 bridgehead atoms. The van der Waals surface area contributed by atoms with Gasteiger partial charge in [-0.2, -0.15) is 0 Å². The first-order valence-corrected chi connectivity index (χ1v) is 8.30. The summed E-state index contributed by atoms with van der Waals surface area (Å²) < 4.78 is 15.3. The number of nitrogens with one attached hydrogen (secondary N) is 2. The highest BCUT2D eigenvalue weighted by atomic mass is 16.5. The molecule has 0 aliphatic carbocycles. The van der Waals surface area contributed by atoms with Crippen molar-refractivity contribution in [3.63, 3.8) is 0 Å². The molecule has 1 aliphatic heterocycles. The van der Waals surface area contributed by atoms with Crippen LogP contribution in [0.1, 0.15) is 24.9 Å². The van der Waals surface area contributed by atoms with Crippen molar-refractivity contribution in [3.05, 3.63) is 23.8 Å². The standard InChI is InChI=1S/C18H26N2O5/c1-11(13-9-19-10-13)18(22)20-14(8-17(21)25-4)12-5-6-15(23-2)16(7-12)24-3/h5-7,11,13-14,19H,8-10H2,1-4H3,(H,20,22). The van der Waals surface area contributed by atoms with Crippen LogP contribution in [0, 0.1) is 11.8 Å². The Balaban J connectivity index is 2.19. The molecule has 1 aromatic carbocycles. The highest BCUT2D eigenvalue weighted by molar-refractivity contribution is 5.80. The predicted molar refractivity (Wildman–Crippen MR) is 92.6 cm³/mol. The maximum Gasteiger partial charge on any atom is 0.307 e. The van der Waals surface area contributed by atoms with Crippen LogP contribution in [-0.2, 0) is 14.3 Å². The summed E-state index contributed by atoms with van der Waals surface area (Å²) in [5.41, 5.74) is 0.760. The van der Waals surface area contributed by atoms with Gasteiger partial charge in [-0.3, -0.25) is 9.59 Å². The molecule has 1 aromatic rings. The van der Waals surface area contributed by atoms with Crippen molar-refractivity contribution in [2.45, 2.75) is 19.4 Å². The Morgan fingerprint density at radius 2 is 1.88 bits per heavy atom. The van der Waals surface area contributed by atoms with Crippen molar-refractivity contribution in [2.75, 3.05) is 34.4 Å². The van der Waals surface area contributed by atoms with E-state index in [1.54, 1.807) is 26.4 Å². The molecule has 1 fully saturated rings. The minimum Gasteiger partial charge on any atom is -0.493 e. The summed E-state index contributed by atoms with van der Waals surface area (Å²) in [6.07, 6.45) is 0.0490. The highest BCUT2D eigenvalue weighted by Gasteiger charge is 2.30. The highest BCUT2D eigenvalue weighted by Crippen LogP contribution is 2.31. The number of amides is 1. The van der Waals surface area contributed by atoms with Gasteiger partial charge in [-0.25, -0.2) is 0 Å². The molecule has 138 valence electrons. The van der Waals surface area contributed by atoms with Gasteiger partial charge in [-0.1, -0.05) is 13.0 Å². The van der Waals surface area contributed by atoms with Crippen LogP contribution in [0.4, 0.5) is 0 Å². The predicted octanol–water partition coefficient (Wildman–Crippen LogP) is 1.28. The van der Waals surface area contributed by atoms with E-state index in [9.17, 15) is 9.59 Å². The number of benzene rings is 1. The summed E-state index contributed by atoms with van der Waals surface area (Å²) >= 11 is 0. The van der Waals surface area contributed by atoms with Gasteiger partial charge in [0.1, 0.15) is 0 Å². The summed E-state index contributed by atoms with van der Waals surface area (Å²) in [6, 6.07) is 4.84. The molecular formula is C18H26N2O5. The maximum absolute atomic E-state index is 12.6. The zero-order chi connectivity index (χ0) is 18.4. The van der Waals surface area contributed by atoms with Crippen molar-refractivity contribution >= 4 is 11.9 Å². The van der Waals surface area contributed by atoms with E-state index in [1.807, 2.05) is 13.0 Å². The summed E-state index contributed by atoms with van der Waals surface area (Å²) in [4.78, 5) is 24.3. The summed E-state index contributed by atoms with van der Waals surface area (Å²) in [7, 11) is 4.43. The Hall–Kier alpha value is -2.28. The largest absolute Gasteiger partial charge is 0.493 e. The van der Waals surface area contributed by atoms with Crippen LogP contribution in [0.3, 0.4) is 0 Å². The smallest absolute Gasteiger partial charge is 0.307 e. The zero-order valence-corrected chi connectivity index (χ0v) is 15.1. The van der Waals surface area contributed by atoms with Crippen LogP contribution in [-0.4, -0.2) is 46.3 Å². The molecule has 0 radical (unpaired) electrons. The van der Waals surface area contributed by atoms with Crippen LogP contribution in [0.5, 0.6) is 11.5 Å². The lowest BCUT2D eigenvalue weighted by Gasteiger charge is -2.32. The second-order valence-corrected chi connectivity index (χ2v) is 6.16. The van der Waals surface area contributed by atoms with Gasteiger partial charge in [0.2, 0.25) is 5.91 Å². The molecule has 2 atom stereocenters. The summed E-state index contributed by atoms with van der Waals surface area (Å²) in [6.45, 7) is 3.59. The van der Waals surface area contributed by atoms with Crippen LogP contribution in [0.15, 0.2) is 18.2 Å². The SMILES string of the molecule is COC(=O)CC(NC(=O)C(C)C1CNC1)c1ccc(OC)c(OC)c1. The van der Waals surface area contributed by atoms with E-state index in [4.69, 9.17) is 14.2 Å². The number of carbonyl (C=O) groups is 2. The number of hydrogen-bond acceptors (Lipinski definition) is 6. The Morgan fingerprint density at radius 3 is 2.40 bits per heavy atom. The van der Waals surface area contributed by atoms with E-state index in [0.717, 1.165) is 18.7 Å². The average molecular weight is 350 g/mol. The van der Waals surface area contributed by atoms with E-state index in [-0.39, 0.29) is 18.2 Å². The molecule has 25 heavy (non-hydrogen) atoms. The number of esters is 1. The van der Waals surface area contributed by atoms with E-state index >= 15 is 0 Å². The Kier molecular flexibility index (Phi) is 6.64. The average Bonchev–Trinajstić information content (AvgIpc) is 2.58. The minimum absolute atomic E-state index is 0.0490. The second-order valence-electron chi connectivity index (χ2n) is 6.16. The third-order valence-corrected chi connectivity index (χ3v) is 4.66. The number of rotatable bonds is 8. The van der Waals surface area contributed by atoms with Gasteiger partial charge in [0.05, 0.1) is 33.8 Å². The first-order valence-electron chi connectivity index (χ1n) is 8.30. The fourth-order valence-corrected chi connectivity index (χ4v) is 2.75. The molecule has 1 heterocycles. The lowest BCUT2D eigenvalue weighted by atomic mass is 9.88. The molecule has 0 saturated carbocycles. The van der Waals surface area contributed by atoms with Gasteiger partial charge in [0.15, 0.2) is 11.5 Å². The molecule has 7 nitrogen and oxygen atoms in total. The Labute approximate surface area is 148 Å². The third kappa shape index (κ3) is 4.63. The summed E-state index contributed by atoms with van der Waals surface area (Å²) in [5, 5.41) is 6.14. The minimum atomic E-state index is -0.491. The van der Waals surface area contributed by atoms with Crippen molar-refractivity contribution in [2.24, 2.45) is 11.8 Å². The second kappa shape index (κ2) is 8.71. The normalized spacial score (nSPS) is 16.3. The molecule has 7 heteroatoms. The zero-order valence-electron chi connectivity index (χ0n) is 15.1. The van der Waals surface area contributed by atoms with Crippen molar-refractivity contribution in [1.29, 1.82) is 0 Å². The van der Waals surface area contributed by atoms with Gasteiger partial charge in [0, 0.05) is 5.92 Å². The van der Waals surface area contributed by atoms with Crippen molar-refractivity contribution in [3.8, 4) is 11.5 Å². The molecule has 0 aromatic heterocycles. The number of ether oxygens (including phenoxy) is 3. The molecule has 2 unspecified atom stereocenters. The number of carbonyl (C=O) groups excluding carboxylic acids is 2. The molecular weight excluding hydrogens is 324 g/mol. The maximum atomic E-state index is 12.6. The number of hydrogen-bond donors (Lipinski definition) is 2. The first-order chi connectivity index (χ1) is 12.0. The van der Waals surface area contributed by atoms with Crippen LogP contribution in [0.2, 0.25) is 0 Å². The fourth-order valence-electron chi connectivity index (χ4n) is 2.75. The summed E-state index contributed by atoms with van der Waals surface area (Å²) in [5.74, 6) is 0.864. The molecule has 2 N–H and O–H groups in total. The van der Waals surface area contributed by atoms with E-state index in [2.05, 4.69) is 10.6 Å². The van der Waals surface area contributed by atoms with Gasteiger partial charge < -0.3 is 24.8 Å². The molecule has 1 aliphatic rings. The van der Waals surface area contributed by atoms with Gasteiger partial charge in [0.25, 0.3) is 0 Å². The molecule has 1 amide bonds. The van der Waals surface area contributed by atoms with Crippen molar-refractivity contribution in [1.82, 2.24) is 10.6 Å². The van der Waals surface area contributed by atoms with Crippen LogP contribution >= 0.6 is 0 Å². The van der Waals surface area contributed by atoms with E-state index in [1.165, 1.54) is 7.11 Å². The molecule has 0 spiro atoms. The van der Waals surface area contributed by atoms with Crippen molar-refractivity contribution < 1.29 is 23.8 Å². The third-order valence-electron chi connectivity index (χ3n) is 4.66. The Bertz CT molecular complexity index is 615. The fraction of sp³-hybridized carbons (Fsp3) is 0.556. The monoisotopic (exact) mass is 350 g/mol. The van der Waals surface area contributed by atoms with Crippen LogP contribution in [0.25, 0.3) is 0 Å². The van der Waals surface area contributed by atoms with E-state index < -0.39 is 12.0 Å².